The minimum absolute atomic E-state index is 0.103. The Morgan fingerprint density at radius 2 is 1.82 bits per heavy atom. The molecular weight excluding hydrogens is 529 g/mol. The third-order valence-electron chi connectivity index (χ3n) is 7.70. The van der Waals surface area contributed by atoms with E-state index in [1.54, 1.807) is 13.3 Å². The molecule has 7 nitrogen and oxygen atoms in total. The molecule has 5 rings (SSSR count). The SMILES string of the molecule is COC1CCCC(c2nc3c(C4CCN(C(=O)c5ccc(S(F)(F)(F)(F)F)cc5N)CC4)ccnc3[nH]2)C1. The molecule has 3 N–H and O–H groups in total. The van der Waals surface area contributed by atoms with E-state index in [1.165, 1.54) is 4.90 Å². The summed E-state index contributed by atoms with van der Waals surface area (Å²) in [7, 11) is -8.16. The molecule has 1 saturated heterocycles. The van der Waals surface area contributed by atoms with Crippen LogP contribution in [0, 0.1) is 0 Å². The van der Waals surface area contributed by atoms with Gasteiger partial charge < -0.3 is 20.4 Å². The highest BCUT2D eigenvalue weighted by molar-refractivity contribution is 8.45. The highest BCUT2D eigenvalue weighted by Gasteiger charge is 2.65. The van der Waals surface area contributed by atoms with Gasteiger partial charge in [0.25, 0.3) is 5.91 Å². The van der Waals surface area contributed by atoms with E-state index in [2.05, 4.69) is 9.97 Å². The molecule has 3 aromatic rings. The number of ether oxygens (including phenoxy) is 1. The number of hydrogen-bond donors (Lipinski definition) is 2. The first-order chi connectivity index (χ1) is 17.7. The van der Waals surface area contributed by atoms with Gasteiger partial charge in [0.05, 0.1) is 11.7 Å². The van der Waals surface area contributed by atoms with Gasteiger partial charge in [0, 0.05) is 38.0 Å². The van der Waals surface area contributed by atoms with Gasteiger partial charge in [-0.1, -0.05) is 25.8 Å². The van der Waals surface area contributed by atoms with Crippen LogP contribution in [0.1, 0.15) is 72.1 Å². The van der Waals surface area contributed by atoms with Crippen LogP contribution in [0.2, 0.25) is 0 Å². The van der Waals surface area contributed by atoms with Crippen LogP contribution >= 0.6 is 10.2 Å². The monoisotopic (exact) mass is 559 g/mol. The van der Waals surface area contributed by atoms with Crippen molar-refractivity contribution in [2.45, 2.75) is 61.4 Å². The minimum atomic E-state index is -9.89. The topological polar surface area (TPSA) is 97.1 Å². The second-order valence-corrected chi connectivity index (χ2v) is 12.6. The van der Waals surface area contributed by atoms with Gasteiger partial charge in [-0.3, -0.25) is 4.79 Å². The number of H-pyrrole nitrogens is 1. The van der Waals surface area contributed by atoms with Crippen LogP contribution < -0.4 is 5.73 Å². The molecule has 1 aromatic carbocycles. The number of imidazole rings is 1. The molecule has 2 fully saturated rings. The van der Waals surface area contributed by atoms with Gasteiger partial charge >= 0.3 is 10.2 Å². The summed E-state index contributed by atoms with van der Waals surface area (Å²) < 4.78 is 71.1. The van der Waals surface area contributed by atoms with E-state index < -0.39 is 26.7 Å². The summed E-state index contributed by atoms with van der Waals surface area (Å²) in [5.74, 6) is 0.694. The Balaban J connectivity index is 1.30. The summed E-state index contributed by atoms with van der Waals surface area (Å²) in [5.41, 5.74) is 7.32. The first-order valence-electron chi connectivity index (χ1n) is 12.5. The number of pyridine rings is 1. The average Bonchev–Trinajstić information content (AvgIpc) is 3.32. The number of benzene rings is 1. The number of hydrogen-bond acceptors (Lipinski definition) is 5. The van der Waals surface area contributed by atoms with E-state index in [4.69, 9.17) is 15.5 Å². The molecule has 0 bridgehead atoms. The van der Waals surface area contributed by atoms with Crippen molar-refractivity contribution in [2.24, 2.45) is 0 Å². The van der Waals surface area contributed by atoms with Gasteiger partial charge in [-0.25, -0.2) is 9.97 Å². The predicted octanol–water partition coefficient (Wildman–Crippen LogP) is 6.89. The molecule has 2 atom stereocenters. The zero-order chi connectivity index (χ0) is 27.4. The van der Waals surface area contributed by atoms with E-state index in [0.717, 1.165) is 48.7 Å². The molecule has 1 saturated carbocycles. The van der Waals surface area contributed by atoms with E-state index in [0.29, 0.717) is 31.6 Å². The number of halogens is 5. The van der Waals surface area contributed by atoms with Gasteiger partial charge in [0.1, 0.15) is 16.2 Å². The first kappa shape index (κ1) is 26.7. The number of nitrogens with zero attached hydrogens (tertiary/aromatic N) is 3. The van der Waals surface area contributed by atoms with E-state index in [-0.39, 0.29) is 35.6 Å². The molecule has 208 valence electrons. The quantitative estimate of drug-likeness (QED) is 0.262. The van der Waals surface area contributed by atoms with Gasteiger partial charge in [-0.15, -0.1) is 0 Å². The molecule has 2 aliphatic rings. The molecule has 2 aromatic heterocycles. The van der Waals surface area contributed by atoms with Crippen LogP contribution in [-0.4, -0.2) is 52.1 Å². The summed E-state index contributed by atoms with van der Waals surface area (Å²) in [6, 6.07) is 3.03. The minimum Gasteiger partial charge on any atom is -0.398 e. The van der Waals surface area contributed by atoms with Crippen molar-refractivity contribution in [1.29, 1.82) is 0 Å². The van der Waals surface area contributed by atoms with Gasteiger partial charge in [-0.05, 0) is 67.9 Å². The number of piperidine rings is 1. The van der Waals surface area contributed by atoms with Crippen molar-refractivity contribution < 1.29 is 29.0 Å². The lowest BCUT2D eigenvalue weighted by atomic mass is 9.86. The first-order valence-corrected chi connectivity index (χ1v) is 14.5. The Kier molecular flexibility index (Phi) is 6.18. The normalized spacial score (nSPS) is 23.3. The number of carbonyl (C=O) groups is 1. The van der Waals surface area contributed by atoms with Crippen molar-refractivity contribution in [3.8, 4) is 0 Å². The Bertz CT molecular complexity index is 1370. The summed E-state index contributed by atoms with van der Waals surface area (Å²) in [6.45, 7) is 0.678. The molecule has 1 amide bonds. The average molecular weight is 560 g/mol. The van der Waals surface area contributed by atoms with Crippen molar-refractivity contribution in [1.82, 2.24) is 19.9 Å². The van der Waals surface area contributed by atoms with E-state index in [1.807, 2.05) is 6.07 Å². The van der Waals surface area contributed by atoms with Crippen LogP contribution in [0.5, 0.6) is 0 Å². The van der Waals surface area contributed by atoms with Gasteiger partial charge in [0.15, 0.2) is 5.65 Å². The second-order valence-electron chi connectivity index (χ2n) is 10.2. The van der Waals surface area contributed by atoms with Crippen molar-refractivity contribution in [2.75, 3.05) is 25.9 Å². The maximum Gasteiger partial charge on any atom is 0.310 e. The predicted molar refractivity (Wildman–Crippen MR) is 136 cm³/mol. The van der Waals surface area contributed by atoms with Crippen LogP contribution in [0.4, 0.5) is 25.1 Å². The Labute approximate surface area is 216 Å². The fourth-order valence-corrected chi connectivity index (χ4v) is 6.29. The van der Waals surface area contributed by atoms with Crippen molar-refractivity contribution in [3.05, 3.63) is 47.4 Å². The number of anilines is 1. The number of nitrogen functional groups attached to an aromatic ring is 1. The lowest BCUT2D eigenvalue weighted by molar-refractivity contribution is 0.0625. The second kappa shape index (κ2) is 8.80. The molecule has 1 aliphatic heterocycles. The lowest BCUT2D eigenvalue weighted by Gasteiger charge is -2.40. The molecule has 13 heteroatoms. The fraction of sp³-hybridized carbons (Fsp3) is 0.480. The number of aromatic amines is 1. The Morgan fingerprint density at radius 1 is 1.08 bits per heavy atom. The van der Waals surface area contributed by atoms with Gasteiger partial charge in [-0.2, -0.15) is 0 Å². The molecule has 38 heavy (non-hydrogen) atoms. The number of rotatable bonds is 5. The summed E-state index contributed by atoms with van der Waals surface area (Å²) in [6.07, 6.45) is 7.20. The van der Waals surface area contributed by atoms with Crippen molar-refractivity contribution >= 4 is 33.0 Å². The molecule has 0 radical (unpaired) electrons. The third kappa shape index (κ3) is 5.31. The molecular formula is C25H30F5N5O2S. The maximum atomic E-state index is 13.1. The number of amides is 1. The van der Waals surface area contributed by atoms with E-state index >= 15 is 0 Å². The number of aromatic nitrogens is 3. The fourth-order valence-electron chi connectivity index (χ4n) is 5.62. The van der Waals surface area contributed by atoms with Crippen LogP contribution in [-0.2, 0) is 4.74 Å². The van der Waals surface area contributed by atoms with Crippen LogP contribution in [0.3, 0.4) is 0 Å². The number of nitrogens with two attached hydrogens (primary N) is 1. The number of likely N-dealkylation sites (tertiary alicyclic amines) is 1. The number of carbonyl (C=O) groups excluding carboxylic acids is 1. The van der Waals surface area contributed by atoms with E-state index in [9.17, 15) is 24.2 Å². The lowest BCUT2D eigenvalue weighted by Crippen LogP contribution is -2.38. The van der Waals surface area contributed by atoms with Crippen LogP contribution in [0.25, 0.3) is 11.2 Å². The zero-order valence-corrected chi connectivity index (χ0v) is 21.6. The molecule has 2 unspecified atom stereocenters. The summed E-state index contributed by atoms with van der Waals surface area (Å²) >= 11 is 0. The zero-order valence-electron chi connectivity index (χ0n) is 20.8. The van der Waals surface area contributed by atoms with Gasteiger partial charge in [0.2, 0.25) is 0 Å². The van der Waals surface area contributed by atoms with Crippen LogP contribution in [0.15, 0.2) is 35.4 Å². The molecule has 3 heterocycles. The summed E-state index contributed by atoms with van der Waals surface area (Å²) in [5, 5.41) is 0. The highest BCUT2D eigenvalue weighted by atomic mass is 32.5. The largest absolute Gasteiger partial charge is 0.398 e. The third-order valence-corrected chi connectivity index (χ3v) is 8.85. The number of fused-ring (bicyclic) bond motifs is 1. The maximum absolute atomic E-state index is 13.1. The smallest absolute Gasteiger partial charge is 0.310 e. The number of methoxy groups -OCH3 is 1. The Morgan fingerprint density at radius 3 is 2.47 bits per heavy atom. The molecule has 0 spiro atoms. The number of nitrogens with one attached hydrogen (secondary N) is 1. The summed E-state index contributed by atoms with van der Waals surface area (Å²) in [4.78, 5) is 25.1. The highest BCUT2D eigenvalue weighted by Crippen LogP contribution is 3.02. The standard InChI is InChI=1S/C25H30F5N5O2S/c1-37-17-4-2-3-16(13-17)23-33-22-19(7-10-32-24(22)34-23)15-8-11-35(12-9-15)25(36)20-6-5-18(14-21(20)31)38(26,27,28,29)30/h5-7,10,14-17H,2-4,8-9,11-13,31H2,1H3,(H,32,33,34). The van der Waals surface area contributed by atoms with Crippen molar-refractivity contribution in [3.63, 3.8) is 0 Å². The Hall–Kier alpha value is -2.93. The molecule has 1 aliphatic carbocycles.